The van der Waals surface area contributed by atoms with Crippen LogP contribution in [0.25, 0.3) is 0 Å². The molecule has 2 saturated heterocycles. The second-order valence-electron chi connectivity index (χ2n) is 9.66. The zero-order valence-electron chi connectivity index (χ0n) is 27.4. The Bertz CT molecular complexity index is 1890. The van der Waals surface area contributed by atoms with Gasteiger partial charge in [-0.25, -0.2) is 22.5 Å². The zero-order valence-corrected chi connectivity index (χ0v) is 36.9. The van der Waals surface area contributed by atoms with Crippen molar-refractivity contribution in [3.05, 3.63) is 55.8 Å². The van der Waals surface area contributed by atoms with Gasteiger partial charge in [0.05, 0.1) is 19.3 Å². The minimum atomic E-state index is -6.59. The average Bonchev–Trinajstić information content (AvgIpc) is 3.42. The number of aliphatic hydroxyl groups is 3. The van der Waals surface area contributed by atoms with Crippen LogP contribution in [0.15, 0.2) is 38.9 Å². The molecule has 2 aromatic rings. The number of aliphatic hydroxyl groups excluding tert-OH is 3. The quantitative estimate of drug-likeness (QED) is 0.0870. The first-order valence-corrected chi connectivity index (χ1v) is 18.6. The topological polar surface area (TPSA) is 402 Å². The molecule has 2 aromatic heterocycles. The van der Waals surface area contributed by atoms with Crippen LogP contribution in [-0.4, -0.2) is 78.2 Å². The normalized spacial score (nSPS) is 28.6. The number of phosphoric ester groups is 2. The van der Waals surface area contributed by atoms with E-state index in [0.717, 1.165) is 16.8 Å². The van der Waals surface area contributed by atoms with Gasteiger partial charge in [0.15, 0.2) is 6.23 Å². The van der Waals surface area contributed by atoms with Crippen molar-refractivity contribution in [3.8, 4) is 0 Å². The van der Waals surface area contributed by atoms with Gasteiger partial charge in [0, 0.05) is 24.9 Å². The number of hydrogen-bond acceptors (Lipinski definition) is 23. The number of ether oxygens (including phenoxy) is 2. The minimum absolute atomic E-state index is 0. The van der Waals surface area contributed by atoms with Crippen molar-refractivity contribution < 1.29 is 192 Å². The first kappa shape index (κ1) is 53.3. The van der Waals surface area contributed by atoms with E-state index < -0.39 is 104 Å². The van der Waals surface area contributed by atoms with Crippen LogP contribution in [0.5, 0.6) is 0 Å². The van der Waals surface area contributed by atoms with Gasteiger partial charge >= 0.3 is 119 Å². The van der Waals surface area contributed by atoms with Crippen LogP contribution >= 0.6 is 31.3 Å². The van der Waals surface area contributed by atoms with Gasteiger partial charge in [0.25, 0.3) is 36.9 Å². The predicted octanol–water partition coefficient (Wildman–Crippen LogP) is -17.4. The monoisotopic (exact) mass is 845 g/mol. The van der Waals surface area contributed by atoms with Crippen LogP contribution in [0.4, 0.5) is 5.82 Å². The van der Waals surface area contributed by atoms with Crippen LogP contribution in [0.3, 0.4) is 0 Å². The fourth-order valence-corrected chi connectivity index (χ4v) is 8.93. The maximum Gasteiger partial charge on any atom is 1.00 e. The van der Waals surface area contributed by atoms with Crippen LogP contribution in [0.1, 0.15) is 18.9 Å². The van der Waals surface area contributed by atoms with E-state index in [9.17, 15) is 67.5 Å². The molecule has 0 radical (unpaired) electrons. The number of hydrogen-bond donors (Lipinski definition) is 5. The van der Waals surface area contributed by atoms with E-state index in [2.05, 4.69) is 27.0 Å². The first-order chi connectivity index (χ1) is 22.1. The van der Waals surface area contributed by atoms with Gasteiger partial charge in [-0.05, 0) is 6.07 Å². The van der Waals surface area contributed by atoms with Crippen molar-refractivity contribution in [1.82, 2.24) is 19.1 Å². The number of phosphoric acid groups is 4. The largest absolute Gasteiger partial charge is 1.00 e. The number of rotatable bonds is 14. The summed E-state index contributed by atoms with van der Waals surface area (Å²) in [5.74, 6) is -0.125. The van der Waals surface area contributed by atoms with E-state index in [0.29, 0.717) is 4.57 Å². The summed E-state index contributed by atoms with van der Waals surface area (Å²) in [5, 5.41) is 30.4. The molecule has 4 rings (SSSR count). The summed E-state index contributed by atoms with van der Waals surface area (Å²) in [4.78, 5) is 88.4. The molecule has 0 aliphatic carbocycles. The molecule has 0 spiro atoms. The summed E-state index contributed by atoms with van der Waals surface area (Å²) in [6.45, 7) is -2.44. The van der Waals surface area contributed by atoms with Crippen LogP contribution in [-0.2, 0) is 49.7 Å². The van der Waals surface area contributed by atoms with E-state index in [4.69, 9.17) is 15.2 Å². The molecule has 2 aliphatic heterocycles. The standard InChI is InChI=1S/C18H27N5O21P4.Li.3Na/c19-11-1-3-22(17(28)20-11)13-5-8(24)9(40-13)6-38-45(30,31)42-47(34,35)44-48(36,37)43-46(32,33)39-7-10-14(26)15(27)16(41-10)23-4-2-12(25)21-18(23)29;;;;/h1-4,8-10,13-16,24,26-27H,5-7H2,(H,30,31)(H,32,33)(H,34,35)(H,36,37)(H2,19,20,28)(H,21,25,29);;;;/q;4*+1/p-4/t8-,9-,10-,13-,14-,15-,16-;;;;/m1..../s1. The Morgan fingerprint density at radius 2 is 1.31 bits per heavy atom. The van der Waals surface area contributed by atoms with Gasteiger partial charge in [-0.1, -0.05) is 0 Å². The van der Waals surface area contributed by atoms with Crippen LogP contribution in [0.2, 0.25) is 0 Å². The molecule has 0 amide bonds. The smallest absolute Gasteiger partial charge is 0.756 e. The van der Waals surface area contributed by atoms with Crippen molar-refractivity contribution in [2.45, 2.75) is 49.4 Å². The Kier molecular flexibility index (Phi) is 21.9. The fraction of sp³-hybridized carbons (Fsp3) is 0.556. The Balaban J connectivity index is 0.00000650. The third kappa shape index (κ3) is 14.9. The maximum absolute atomic E-state index is 12.0. The summed E-state index contributed by atoms with van der Waals surface area (Å²) in [6, 6.07) is 2.07. The third-order valence-corrected chi connectivity index (χ3v) is 12.0. The van der Waals surface area contributed by atoms with Gasteiger partial charge in [-0.2, -0.15) is 4.98 Å². The van der Waals surface area contributed by atoms with E-state index >= 15 is 0 Å². The molecule has 0 saturated carbocycles. The minimum Gasteiger partial charge on any atom is -0.756 e. The van der Waals surface area contributed by atoms with Crippen molar-refractivity contribution >= 4 is 37.1 Å². The number of nitrogen functional groups attached to an aromatic ring is 1. The zero-order chi connectivity index (χ0) is 35.8. The summed E-state index contributed by atoms with van der Waals surface area (Å²) in [6.07, 6.45) is -9.78. The Morgan fingerprint density at radius 3 is 1.83 bits per heavy atom. The molecule has 26 nitrogen and oxygen atoms in total. The van der Waals surface area contributed by atoms with E-state index in [1.807, 2.05) is 4.98 Å². The van der Waals surface area contributed by atoms with Crippen molar-refractivity contribution in [2.75, 3.05) is 18.9 Å². The Hall–Kier alpha value is 1.32. The number of aromatic amines is 1. The second kappa shape index (κ2) is 21.4. The average molecular weight is 845 g/mol. The molecule has 52 heavy (non-hydrogen) atoms. The number of nitrogens with one attached hydrogen (secondary N) is 1. The number of anilines is 1. The van der Waals surface area contributed by atoms with Crippen molar-refractivity contribution in [2.24, 2.45) is 0 Å². The fourth-order valence-electron chi connectivity index (χ4n) is 4.18. The van der Waals surface area contributed by atoms with E-state index in [-0.39, 0.29) is 120 Å². The van der Waals surface area contributed by atoms with E-state index in [1.54, 1.807) is 0 Å². The number of H-pyrrole nitrogens is 1. The van der Waals surface area contributed by atoms with E-state index in [1.165, 1.54) is 12.3 Å². The molecule has 270 valence electrons. The van der Waals surface area contributed by atoms with Gasteiger partial charge in [-0.15, -0.1) is 0 Å². The maximum atomic E-state index is 12.0. The molecule has 2 fully saturated rings. The summed E-state index contributed by atoms with van der Waals surface area (Å²) < 4.78 is 79.0. The molecule has 34 heteroatoms. The summed E-state index contributed by atoms with van der Waals surface area (Å²) in [7, 11) is -25.4. The molecule has 6 N–H and O–H groups in total. The SMILES string of the molecule is Nc1ccn([C@H]2C[C@@H](O)[C@@H](COP(=O)([O-])OP(=O)([O-])OP(=O)([O-])OP(=O)([O-])OC[C@H]3O[C@@H](n4ccc(=O)[nH]c4=O)[C@H](O)[C@@H]3O)O2)c(=O)n1.[Li+].[Na+].[Na+].[Na+]. The molecule has 0 aromatic carbocycles. The van der Waals surface area contributed by atoms with Gasteiger partial charge in [-0.3, -0.25) is 37.2 Å². The molecule has 0 bridgehead atoms. The van der Waals surface area contributed by atoms with Crippen molar-refractivity contribution in [3.63, 3.8) is 0 Å². The Morgan fingerprint density at radius 1 is 0.808 bits per heavy atom. The van der Waals surface area contributed by atoms with Gasteiger partial charge < -0.3 is 59.1 Å². The molecule has 11 atom stereocenters. The van der Waals surface area contributed by atoms with Gasteiger partial charge in [0.2, 0.25) is 0 Å². The van der Waals surface area contributed by atoms with Gasteiger partial charge in [0.1, 0.15) is 36.5 Å². The first-order valence-electron chi connectivity index (χ1n) is 12.8. The second-order valence-corrected chi connectivity index (χ2v) is 15.7. The molecule has 2 aliphatic rings. The molecular weight excluding hydrogens is 822 g/mol. The number of nitrogens with zero attached hydrogens (tertiary/aromatic N) is 3. The Labute approximate surface area is 368 Å². The summed E-state index contributed by atoms with van der Waals surface area (Å²) in [5.41, 5.74) is 2.58. The molecule has 4 heterocycles. The summed E-state index contributed by atoms with van der Waals surface area (Å²) >= 11 is 0. The van der Waals surface area contributed by atoms with Crippen LogP contribution < -0.4 is 150 Å². The number of nitrogens with two attached hydrogens (primary N) is 1. The third-order valence-electron chi connectivity index (χ3n) is 6.22. The number of aromatic nitrogens is 4. The molecule has 4 unspecified atom stereocenters. The molecular formula is C18H23LiN5Na3O21P4. The van der Waals surface area contributed by atoms with Crippen LogP contribution in [0, 0.1) is 0 Å². The van der Waals surface area contributed by atoms with Crippen molar-refractivity contribution in [1.29, 1.82) is 0 Å². The predicted molar refractivity (Wildman–Crippen MR) is 140 cm³/mol.